The van der Waals surface area contributed by atoms with E-state index in [1.165, 1.54) is 43.0 Å². The number of carbonyl (C=O) groups is 1. The molecule has 5 rings (SSSR count). The van der Waals surface area contributed by atoms with Gasteiger partial charge in [0.2, 0.25) is 0 Å². The van der Waals surface area contributed by atoms with Crippen LogP contribution in [0.5, 0.6) is 5.75 Å². The molecule has 1 aliphatic heterocycles. The number of benzene rings is 2. The first-order valence-corrected chi connectivity index (χ1v) is 12.8. The van der Waals surface area contributed by atoms with Crippen molar-refractivity contribution in [3.05, 3.63) is 87.8 Å². The summed E-state index contributed by atoms with van der Waals surface area (Å²) >= 11 is 0. The summed E-state index contributed by atoms with van der Waals surface area (Å²) in [5, 5.41) is 30.7. The highest BCUT2D eigenvalue weighted by molar-refractivity contribution is 6.01. The van der Waals surface area contributed by atoms with Gasteiger partial charge in [-0.1, -0.05) is 24.3 Å². The number of ether oxygens (including phenoxy) is 2. The topological polar surface area (TPSA) is 99.5 Å². The molecule has 2 aromatic carbocycles. The van der Waals surface area contributed by atoms with Crippen molar-refractivity contribution in [1.82, 2.24) is 4.90 Å². The molecule has 3 N–H and O–H groups in total. The molecule has 0 saturated heterocycles. The molecule has 2 unspecified atom stereocenters. The second-order valence-electron chi connectivity index (χ2n) is 11.1. The quantitative estimate of drug-likeness (QED) is 0.479. The number of phenolic OH excluding ortho intramolecular Hbond substituents is 1. The maximum absolute atomic E-state index is 16.2. The molecule has 2 aromatic rings. The molecule has 3 aliphatic rings. The van der Waals surface area contributed by atoms with Crippen molar-refractivity contribution in [2.75, 3.05) is 20.3 Å². The third kappa shape index (κ3) is 4.45. The van der Waals surface area contributed by atoms with Crippen LogP contribution in [0.3, 0.4) is 0 Å². The minimum atomic E-state index is -1.66. The first kappa shape index (κ1) is 26.6. The highest BCUT2D eigenvalue weighted by atomic mass is 19.1. The molecule has 0 bridgehead atoms. The van der Waals surface area contributed by atoms with E-state index in [4.69, 9.17) is 9.47 Å². The van der Waals surface area contributed by atoms with E-state index in [9.17, 15) is 20.1 Å². The molecular weight excluding hydrogens is 489 g/mol. The maximum atomic E-state index is 16.2. The van der Waals surface area contributed by atoms with Crippen LogP contribution >= 0.6 is 0 Å². The number of rotatable bonds is 8. The minimum Gasteiger partial charge on any atom is -0.508 e. The third-order valence-corrected chi connectivity index (χ3v) is 7.92. The van der Waals surface area contributed by atoms with Crippen LogP contribution in [-0.2, 0) is 20.8 Å². The number of halogens is 1. The number of aromatic hydroxyl groups is 1. The van der Waals surface area contributed by atoms with E-state index in [-0.39, 0.29) is 35.6 Å². The van der Waals surface area contributed by atoms with Gasteiger partial charge in [0.1, 0.15) is 11.6 Å². The van der Waals surface area contributed by atoms with Crippen molar-refractivity contribution in [2.45, 2.75) is 63.1 Å². The lowest BCUT2D eigenvalue weighted by Gasteiger charge is -2.41. The van der Waals surface area contributed by atoms with Crippen molar-refractivity contribution in [3.63, 3.8) is 0 Å². The van der Waals surface area contributed by atoms with Crippen LogP contribution in [0.25, 0.3) is 0 Å². The summed E-state index contributed by atoms with van der Waals surface area (Å²) < 4.78 is 28.5. The van der Waals surface area contributed by atoms with Crippen LogP contribution in [0, 0.1) is 5.82 Å². The van der Waals surface area contributed by atoms with Gasteiger partial charge in [0.05, 0.1) is 35.0 Å². The van der Waals surface area contributed by atoms with E-state index in [1.807, 2.05) is 13.0 Å². The SMILES string of the molecule is COC1(COC2(c3ccc(O)cc3)c3c(F)cc(C(C)(C)O)cc3C(=O)N2CC2=CCC(O)C=C2C)CC1. The van der Waals surface area contributed by atoms with Gasteiger partial charge in [-0.2, -0.15) is 0 Å². The summed E-state index contributed by atoms with van der Waals surface area (Å²) in [7, 11) is 1.61. The van der Waals surface area contributed by atoms with E-state index < -0.39 is 34.8 Å². The van der Waals surface area contributed by atoms with Gasteiger partial charge in [-0.15, -0.1) is 0 Å². The number of nitrogens with zero attached hydrogens (tertiary/aromatic N) is 1. The zero-order valence-electron chi connectivity index (χ0n) is 22.1. The monoisotopic (exact) mass is 523 g/mol. The number of methoxy groups -OCH3 is 1. The fraction of sp³-hybridized carbons (Fsp3) is 0.433. The number of hydrogen-bond donors (Lipinski definition) is 3. The summed E-state index contributed by atoms with van der Waals surface area (Å²) in [6, 6.07) is 9.00. The molecule has 1 amide bonds. The number of aliphatic hydroxyl groups is 2. The molecule has 7 nitrogen and oxygen atoms in total. The largest absolute Gasteiger partial charge is 0.508 e. The Labute approximate surface area is 221 Å². The summed E-state index contributed by atoms with van der Waals surface area (Å²) in [5.74, 6) is -1.09. The van der Waals surface area contributed by atoms with Gasteiger partial charge in [0.25, 0.3) is 5.91 Å². The van der Waals surface area contributed by atoms with Crippen LogP contribution in [0.15, 0.2) is 59.7 Å². The second kappa shape index (κ2) is 9.31. The number of phenols is 1. The Morgan fingerprint density at radius 1 is 1.18 bits per heavy atom. The van der Waals surface area contributed by atoms with Crippen molar-refractivity contribution >= 4 is 5.91 Å². The number of amides is 1. The maximum Gasteiger partial charge on any atom is 0.257 e. The molecule has 1 heterocycles. The van der Waals surface area contributed by atoms with Crippen LogP contribution in [-0.4, -0.2) is 58.1 Å². The van der Waals surface area contributed by atoms with Gasteiger partial charge in [-0.25, -0.2) is 4.39 Å². The Kier molecular flexibility index (Phi) is 6.51. The highest BCUT2D eigenvalue weighted by Gasteiger charge is 2.57. The van der Waals surface area contributed by atoms with Crippen molar-refractivity contribution in [1.29, 1.82) is 0 Å². The Morgan fingerprint density at radius 2 is 1.87 bits per heavy atom. The van der Waals surface area contributed by atoms with Gasteiger partial charge in [0.15, 0.2) is 5.72 Å². The summed E-state index contributed by atoms with van der Waals surface area (Å²) in [5.41, 5.74) is -0.998. The molecule has 0 aromatic heterocycles. The van der Waals surface area contributed by atoms with Gasteiger partial charge in [0, 0.05) is 19.2 Å². The summed E-state index contributed by atoms with van der Waals surface area (Å²) in [6.07, 6.45) is 4.98. The van der Waals surface area contributed by atoms with Crippen LogP contribution in [0.4, 0.5) is 4.39 Å². The molecule has 2 aliphatic carbocycles. The number of hydrogen-bond acceptors (Lipinski definition) is 6. The molecule has 0 radical (unpaired) electrons. The predicted octanol–water partition coefficient (Wildman–Crippen LogP) is 4.25. The molecule has 38 heavy (non-hydrogen) atoms. The summed E-state index contributed by atoms with van der Waals surface area (Å²) in [6.45, 7) is 5.16. The van der Waals surface area contributed by atoms with E-state index in [0.717, 1.165) is 24.0 Å². The van der Waals surface area contributed by atoms with E-state index >= 15 is 4.39 Å². The Morgan fingerprint density at radius 3 is 2.45 bits per heavy atom. The Hall–Kier alpha value is -3.04. The zero-order chi connectivity index (χ0) is 27.5. The zero-order valence-corrected chi connectivity index (χ0v) is 22.1. The number of carbonyl (C=O) groups excluding carboxylic acids is 1. The number of aliphatic hydroxyl groups excluding tert-OH is 1. The molecule has 1 saturated carbocycles. The Bertz CT molecular complexity index is 1320. The average Bonchev–Trinajstić information content (AvgIpc) is 3.60. The third-order valence-electron chi connectivity index (χ3n) is 7.92. The standard InChI is InChI=1S/C30H34FNO6/c1-18-13-23(34)8-5-19(18)16-32-27(35)24-14-21(28(2,3)36)15-25(31)26(24)30(32,20-6-9-22(33)10-7-20)38-17-29(37-4)11-12-29/h5-7,9-10,13-15,23,33-34,36H,8,11-12,16-17H2,1-4H3. The molecular formula is C30H34FNO6. The normalized spacial score (nSPS) is 24.2. The van der Waals surface area contributed by atoms with Gasteiger partial charge < -0.3 is 24.8 Å². The molecule has 8 heteroatoms. The first-order valence-electron chi connectivity index (χ1n) is 12.8. The van der Waals surface area contributed by atoms with Crippen LogP contribution in [0.1, 0.15) is 67.1 Å². The molecule has 2 atom stereocenters. The Balaban J connectivity index is 1.73. The average molecular weight is 524 g/mol. The van der Waals surface area contributed by atoms with Crippen LogP contribution < -0.4 is 0 Å². The molecule has 202 valence electrons. The molecule has 0 spiro atoms. The lowest BCUT2D eigenvalue weighted by Crippen LogP contribution is -2.49. The van der Waals surface area contributed by atoms with Crippen molar-refractivity contribution in [2.24, 2.45) is 0 Å². The van der Waals surface area contributed by atoms with Crippen molar-refractivity contribution < 1.29 is 34.0 Å². The highest BCUT2D eigenvalue weighted by Crippen LogP contribution is 2.50. The van der Waals surface area contributed by atoms with Gasteiger partial charge in [-0.3, -0.25) is 9.69 Å². The summed E-state index contributed by atoms with van der Waals surface area (Å²) in [4.78, 5) is 15.7. The van der Waals surface area contributed by atoms with Gasteiger partial charge in [-0.05, 0) is 81.0 Å². The molecule has 1 fully saturated rings. The van der Waals surface area contributed by atoms with E-state index in [1.54, 1.807) is 25.3 Å². The predicted molar refractivity (Wildman–Crippen MR) is 139 cm³/mol. The lowest BCUT2D eigenvalue weighted by atomic mass is 9.88. The fourth-order valence-corrected chi connectivity index (χ4v) is 5.33. The second-order valence-corrected chi connectivity index (χ2v) is 11.1. The van der Waals surface area contributed by atoms with Crippen molar-refractivity contribution in [3.8, 4) is 5.75 Å². The fourth-order valence-electron chi connectivity index (χ4n) is 5.33. The minimum absolute atomic E-state index is 0.0242. The van der Waals surface area contributed by atoms with Gasteiger partial charge >= 0.3 is 0 Å². The lowest BCUT2D eigenvalue weighted by molar-refractivity contribution is -0.139. The number of fused-ring (bicyclic) bond motifs is 1. The smallest absolute Gasteiger partial charge is 0.257 e. The van der Waals surface area contributed by atoms with E-state index in [2.05, 4.69) is 0 Å². The van der Waals surface area contributed by atoms with E-state index in [0.29, 0.717) is 12.0 Å². The first-order chi connectivity index (χ1) is 17.9. The van der Waals surface area contributed by atoms with Crippen LogP contribution in [0.2, 0.25) is 0 Å².